The molecule has 5 nitrogen and oxygen atoms in total. The van der Waals surface area contributed by atoms with Gasteiger partial charge in [0.1, 0.15) is 12.2 Å². The zero-order valence-corrected chi connectivity index (χ0v) is 16.9. The Bertz CT molecular complexity index is 1040. The minimum Gasteiger partial charge on any atom is -0.464 e. The smallest absolute Gasteiger partial charge is 0.310 e. The number of hydrogen-bond acceptors (Lipinski definition) is 4. The van der Waals surface area contributed by atoms with Crippen molar-refractivity contribution in [3.05, 3.63) is 70.5 Å². The largest absolute Gasteiger partial charge is 0.464 e. The van der Waals surface area contributed by atoms with Gasteiger partial charge in [0.2, 0.25) is 0 Å². The summed E-state index contributed by atoms with van der Waals surface area (Å²) < 4.78 is 11.0. The Morgan fingerprint density at radius 1 is 1.03 bits per heavy atom. The molecule has 0 radical (unpaired) electrons. The highest BCUT2D eigenvalue weighted by molar-refractivity contribution is 5.94. The first-order valence-electron chi connectivity index (χ1n) is 10.0. The molecule has 0 spiro atoms. The van der Waals surface area contributed by atoms with Gasteiger partial charge in [0.05, 0.1) is 12.7 Å². The highest BCUT2D eigenvalue weighted by Gasteiger charge is 2.19. The lowest BCUT2D eigenvalue weighted by molar-refractivity contribution is -0.144. The minimum absolute atomic E-state index is 0.0726. The monoisotopic (exact) mass is 391 g/mol. The van der Waals surface area contributed by atoms with Crippen molar-refractivity contribution in [2.45, 2.75) is 39.7 Å². The van der Waals surface area contributed by atoms with Crippen molar-refractivity contribution in [3.8, 4) is 0 Å². The number of rotatable bonds is 5. The van der Waals surface area contributed by atoms with Crippen LogP contribution in [0.5, 0.6) is 0 Å². The van der Waals surface area contributed by atoms with Crippen LogP contribution in [-0.4, -0.2) is 29.9 Å². The van der Waals surface area contributed by atoms with Gasteiger partial charge >= 0.3 is 5.97 Å². The molecule has 1 fully saturated rings. The molecule has 0 N–H and O–H groups in total. The lowest BCUT2D eigenvalue weighted by atomic mass is 10.0. The average Bonchev–Trinajstić information content (AvgIpc) is 3.38. The van der Waals surface area contributed by atoms with Gasteiger partial charge in [0.15, 0.2) is 0 Å². The van der Waals surface area contributed by atoms with Gasteiger partial charge in [-0.05, 0) is 67.6 Å². The number of carbonyl (C=O) groups is 2. The number of benzene rings is 2. The summed E-state index contributed by atoms with van der Waals surface area (Å²) in [5, 5.41) is 0.954. The zero-order chi connectivity index (χ0) is 20.4. The third kappa shape index (κ3) is 4.19. The SMILES string of the molecule is Cc1cc2occ(CC(=O)OCc3ccc(C(=O)N4CCCC4)cc3)c2cc1C. The number of aryl methyl sites for hydroxylation is 2. The molecule has 2 heterocycles. The van der Waals surface area contributed by atoms with E-state index in [9.17, 15) is 9.59 Å². The Morgan fingerprint density at radius 3 is 2.45 bits per heavy atom. The van der Waals surface area contributed by atoms with Crippen molar-refractivity contribution in [2.24, 2.45) is 0 Å². The Kier molecular flexibility index (Phi) is 5.38. The van der Waals surface area contributed by atoms with Crippen LogP contribution >= 0.6 is 0 Å². The third-order valence-corrected chi connectivity index (χ3v) is 5.60. The zero-order valence-electron chi connectivity index (χ0n) is 16.9. The molecule has 3 aromatic rings. The first-order chi connectivity index (χ1) is 14.0. The van der Waals surface area contributed by atoms with E-state index in [1.165, 1.54) is 0 Å². The molecule has 1 amide bonds. The molecule has 0 aliphatic carbocycles. The molecule has 4 rings (SSSR count). The number of ether oxygens (including phenoxy) is 1. The number of hydrogen-bond donors (Lipinski definition) is 0. The second-order valence-corrected chi connectivity index (χ2v) is 7.73. The molecule has 1 aliphatic heterocycles. The van der Waals surface area contributed by atoms with Crippen LogP contribution in [-0.2, 0) is 22.6 Å². The second kappa shape index (κ2) is 8.11. The van der Waals surface area contributed by atoms with Gasteiger partial charge in [-0.3, -0.25) is 9.59 Å². The van der Waals surface area contributed by atoms with Crippen LogP contribution < -0.4 is 0 Å². The van der Waals surface area contributed by atoms with E-state index in [0.29, 0.717) is 5.56 Å². The van der Waals surface area contributed by atoms with Crippen LogP contribution in [0, 0.1) is 13.8 Å². The summed E-state index contributed by atoms with van der Waals surface area (Å²) in [5.41, 5.74) is 5.48. The van der Waals surface area contributed by atoms with E-state index in [-0.39, 0.29) is 24.9 Å². The first kappa shape index (κ1) is 19.2. The summed E-state index contributed by atoms with van der Waals surface area (Å²) in [6.07, 6.45) is 3.94. The second-order valence-electron chi connectivity index (χ2n) is 7.73. The molecular weight excluding hydrogens is 366 g/mol. The quantitative estimate of drug-likeness (QED) is 0.598. The number of furan rings is 1. The maximum atomic E-state index is 12.4. The fourth-order valence-corrected chi connectivity index (χ4v) is 3.69. The van der Waals surface area contributed by atoms with Gasteiger partial charge in [-0.15, -0.1) is 0 Å². The van der Waals surface area contributed by atoms with Gasteiger partial charge < -0.3 is 14.1 Å². The molecule has 1 aromatic heterocycles. The van der Waals surface area contributed by atoms with Crippen molar-refractivity contribution >= 4 is 22.8 Å². The summed E-state index contributed by atoms with van der Waals surface area (Å²) >= 11 is 0. The lowest BCUT2D eigenvalue weighted by Crippen LogP contribution is -2.27. The maximum Gasteiger partial charge on any atom is 0.310 e. The molecular formula is C24H25NO4. The summed E-state index contributed by atoms with van der Waals surface area (Å²) in [6.45, 7) is 5.93. The molecule has 150 valence electrons. The Labute approximate surface area is 170 Å². The van der Waals surface area contributed by atoms with Gasteiger partial charge in [-0.2, -0.15) is 0 Å². The van der Waals surface area contributed by atoms with E-state index in [1.807, 2.05) is 43.0 Å². The topological polar surface area (TPSA) is 59.8 Å². The van der Waals surface area contributed by atoms with Crippen LogP contribution in [0.15, 0.2) is 47.1 Å². The fraction of sp³-hybridized carbons (Fsp3) is 0.333. The average molecular weight is 391 g/mol. The lowest BCUT2D eigenvalue weighted by Gasteiger charge is -2.15. The van der Waals surface area contributed by atoms with E-state index < -0.39 is 0 Å². The molecule has 0 unspecified atom stereocenters. The van der Waals surface area contributed by atoms with Crippen molar-refractivity contribution in [1.29, 1.82) is 0 Å². The number of esters is 1. The van der Waals surface area contributed by atoms with E-state index >= 15 is 0 Å². The number of carbonyl (C=O) groups excluding carboxylic acids is 2. The molecule has 2 aromatic carbocycles. The van der Waals surface area contributed by atoms with Crippen LogP contribution in [0.1, 0.15) is 45.5 Å². The van der Waals surface area contributed by atoms with Gasteiger partial charge in [0.25, 0.3) is 5.91 Å². The van der Waals surface area contributed by atoms with Crippen LogP contribution in [0.3, 0.4) is 0 Å². The standard InChI is InChI=1S/C24H25NO4/c1-16-11-21-20(15-28-22(21)12-17(16)2)13-23(26)29-14-18-5-7-19(8-6-18)24(27)25-9-3-4-10-25/h5-8,11-12,15H,3-4,9-10,13-14H2,1-2H3. The van der Waals surface area contributed by atoms with Crippen LogP contribution in [0.2, 0.25) is 0 Å². The molecule has 1 saturated heterocycles. The summed E-state index contributed by atoms with van der Waals surface area (Å²) in [7, 11) is 0. The molecule has 1 aliphatic rings. The number of likely N-dealkylation sites (tertiary alicyclic amines) is 1. The van der Waals surface area contributed by atoms with Gasteiger partial charge in [-0.1, -0.05) is 12.1 Å². The summed E-state index contributed by atoms with van der Waals surface area (Å²) in [5.74, 6) is -0.230. The van der Waals surface area contributed by atoms with Gasteiger partial charge in [-0.25, -0.2) is 0 Å². The van der Waals surface area contributed by atoms with Crippen molar-refractivity contribution in [3.63, 3.8) is 0 Å². The van der Waals surface area contributed by atoms with Crippen LogP contribution in [0.4, 0.5) is 0 Å². The molecule has 0 atom stereocenters. The highest BCUT2D eigenvalue weighted by Crippen LogP contribution is 2.25. The van der Waals surface area contributed by atoms with Crippen molar-refractivity contribution < 1.29 is 18.7 Å². The van der Waals surface area contributed by atoms with Crippen molar-refractivity contribution in [2.75, 3.05) is 13.1 Å². The Balaban J connectivity index is 1.35. The minimum atomic E-state index is -0.303. The number of amides is 1. The van der Waals surface area contributed by atoms with Crippen LogP contribution in [0.25, 0.3) is 11.0 Å². The van der Waals surface area contributed by atoms with Crippen molar-refractivity contribution in [1.82, 2.24) is 4.90 Å². The normalized spacial score (nSPS) is 13.8. The molecule has 0 bridgehead atoms. The summed E-state index contributed by atoms with van der Waals surface area (Å²) in [6, 6.07) is 11.3. The first-order valence-corrected chi connectivity index (χ1v) is 10.0. The van der Waals surface area contributed by atoms with E-state index in [1.54, 1.807) is 18.4 Å². The maximum absolute atomic E-state index is 12.4. The van der Waals surface area contributed by atoms with E-state index in [4.69, 9.17) is 9.15 Å². The Morgan fingerprint density at radius 2 is 1.72 bits per heavy atom. The highest BCUT2D eigenvalue weighted by atomic mass is 16.5. The molecule has 29 heavy (non-hydrogen) atoms. The van der Waals surface area contributed by atoms with E-state index in [2.05, 4.69) is 0 Å². The Hall–Kier alpha value is -3.08. The molecule has 5 heteroatoms. The molecule has 0 saturated carbocycles. The third-order valence-electron chi connectivity index (χ3n) is 5.60. The summed E-state index contributed by atoms with van der Waals surface area (Å²) in [4.78, 5) is 26.6. The fourth-order valence-electron chi connectivity index (χ4n) is 3.69. The predicted molar refractivity (Wildman–Crippen MR) is 111 cm³/mol. The predicted octanol–water partition coefficient (Wildman–Crippen LogP) is 4.57. The van der Waals surface area contributed by atoms with E-state index in [0.717, 1.165) is 59.2 Å². The number of fused-ring (bicyclic) bond motifs is 1. The number of nitrogens with zero attached hydrogens (tertiary/aromatic N) is 1. The van der Waals surface area contributed by atoms with Gasteiger partial charge in [0, 0.05) is 29.6 Å².